The molecule has 0 N–H and O–H groups in total. The second-order valence-electron chi connectivity index (χ2n) is 4.95. The molecule has 0 saturated heterocycles. The molecule has 0 unspecified atom stereocenters. The number of aryl methyl sites for hydroxylation is 1. The third kappa shape index (κ3) is 2.57. The van der Waals surface area contributed by atoms with E-state index < -0.39 is 0 Å². The van der Waals surface area contributed by atoms with Gasteiger partial charge in [-0.05, 0) is 24.8 Å². The summed E-state index contributed by atoms with van der Waals surface area (Å²) >= 11 is 0. The van der Waals surface area contributed by atoms with Gasteiger partial charge in [0.15, 0.2) is 6.29 Å². The van der Waals surface area contributed by atoms with Crippen molar-refractivity contribution in [2.45, 2.75) is 33.2 Å². The summed E-state index contributed by atoms with van der Waals surface area (Å²) in [5, 5.41) is 1.06. The molecule has 2 nitrogen and oxygen atoms in total. The number of rotatable bonds is 5. The molecule has 2 heteroatoms. The summed E-state index contributed by atoms with van der Waals surface area (Å²) in [6.45, 7) is 5.47. The summed E-state index contributed by atoms with van der Waals surface area (Å²) in [4.78, 5) is 11.0. The van der Waals surface area contributed by atoms with Gasteiger partial charge >= 0.3 is 0 Å². The Labute approximate surface area is 102 Å². The molecule has 0 atom stereocenters. The number of aromatic nitrogens is 1. The molecule has 1 aromatic carbocycles. The molecule has 17 heavy (non-hydrogen) atoms. The van der Waals surface area contributed by atoms with Crippen LogP contribution in [-0.4, -0.2) is 10.9 Å². The number of carbonyl (C=O) groups excluding carboxylic acids is 1. The number of aldehydes is 1. The van der Waals surface area contributed by atoms with Crippen LogP contribution < -0.4 is 0 Å². The van der Waals surface area contributed by atoms with E-state index in [4.69, 9.17) is 0 Å². The highest BCUT2D eigenvalue weighted by Crippen LogP contribution is 2.20. The molecule has 0 aliphatic rings. The van der Waals surface area contributed by atoms with Crippen LogP contribution >= 0.6 is 0 Å². The zero-order valence-electron chi connectivity index (χ0n) is 10.5. The van der Waals surface area contributed by atoms with Crippen LogP contribution in [0.2, 0.25) is 0 Å². The minimum Gasteiger partial charge on any atom is -0.347 e. The minimum absolute atomic E-state index is 0.738. The molecule has 0 spiro atoms. The van der Waals surface area contributed by atoms with E-state index in [0.29, 0.717) is 0 Å². The highest BCUT2D eigenvalue weighted by atomic mass is 16.1. The van der Waals surface area contributed by atoms with E-state index in [0.717, 1.165) is 36.1 Å². The Morgan fingerprint density at radius 3 is 2.76 bits per heavy atom. The molecule has 1 heterocycles. The van der Waals surface area contributed by atoms with Gasteiger partial charge in [0.05, 0.1) is 0 Å². The van der Waals surface area contributed by atoms with Crippen molar-refractivity contribution in [1.29, 1.82) is 0 Å². The number of hydrogen-bond donors (Lipinski definition) is 0. The van der Waals surface area contributed by atoms with Crippen molar-refractivity contribution < 1.29 is 4.79 Å². The summed E-state index contributed by atoms with van der Waals surface area (Å²) in [7, 11) is 0. The van der Waals surface area contributed by atoms with Crippen molar-refractivity contribution in [3.8, 4) is 0 Å². The Morgan fingerprint density at radius 2 is 2.06 bits per heavy atom. The van der Waals surface area contributed by atoms with Crippen LogP contribution in [-0.2, 0) is 6.54 Å². The topological polar surface area (TPSA) is 22.0 Å². The number of nitrogens with zero attached hydrogens (tertiary/aromatic N) is 1. The van der Waals surface area contributed by atoms with E-state index in [-0.39, 0.29) is 0 Å². The number of hydrogen-bond acceptors (Lipinski definition) is 1. The summed E-state index contributed by atoms with van der Waals surface area (Å²) in [5.41, 5.74) is 1.96. The van der Waals surface area contributed by atoms with E-state index >= 15 is 0 Å². The lowest BCUT2D eigenvalue weighted by atomic mass is 10.1. The van der Waals surface area contributed by atoms with Crippen molar-refractivity contribution in [1.82, 2.24) is 4.57 Å². The van der Waals surface area contributed by atoms with E-state index in [1.807, 2.05) is 24.4 Å². The van der Waals surface area contributed by atoms with Crippen LogP contribution in [0.4, 0.5) is 0 Å². The van der Waals surface area contributed by atoms with Crippen LogP contribution in [0.3, 0.4) is 0 Å². The van der Waals surface area contributed by atoms with Crippen LogP contribution in [0.15, 0.2) is 30.5 Å². The molecule has 0 bridgehead atoms. The average molecular weight is 229 g/mol. The standard InChI is InChI=1S/C15H19NO/c1-12(2)6-5-9-16-10-13(11-17)14-7-3-4-8-15(14)16/h3-4,7-8,10-12H,5-6,9H2,1-2H3. The number of benzene rings is 1. The van der Waals surface area contributed by atoms with Crippen LogP contribution in [0.5, 0.6) is 0 Å². The largest absolute Gasteiger partial charge is 0.347 e. The second kappa shape index (κ2) is 5.17. The molecular weight excluding hydrogens is 210 g/mol. The fraction of sp³-hybridized carbons (Fsp3) is 0.400. The van der Waals surface area contributed by atoms with E-state index in [1.54, 1.807) is 0 Å². The van der Waals surface area contributed by atoms with Crippen molar-refractivity contribution in [3.63, 3.8) is 0 Å². The minimum atomic E-state index is 0.738. The molecule has 0 aliphatic heterocycles. The predicted molar refractivity (Wildman–Crippen MR) is 71.4 cm³/mol. The van der Waals surface area contributed by atoms with E-state index in [2.05, 4.69) is 24.5 Å². The van der Waals surface area contributed by atoms with Crippen LogP contribution in [0.1, 0.15) is 37.0 Å². The first-order valence-corrected chi connectivity index (χ1v) is 6.25. The normalized spacial score (nSPS) is 11.2. The average Bonchev–Trinajstić information content (AvgIpc) is 2.68. The maximum atomic E-state index is 11.0. The van der Waals surface area contributed by atoms with Crippen molar-refractivity contribution in [3.05, 3.63) is 36.0 Å². The number of para-hydroxylation sites is 1. The van der Waals surface area contributed by atoms with Gasteiger partial charge in [-0.2, -0.15) is 0 Å². The van der Waals surface area contributed by atoms with Gasteiger partial charge in [0.25, 0.3) is 0 Å². The lowest BCUT2D eigenvalue weighted by molar-refractivity contribution is 0.112. The Morgan fingerprint density at radius 1 is 1.29 bits per heavy atom. The van der Waals surface area contributed by atoms with Crippen molar-refractivity contribution >= 4 is 17.2 Å². The van der Waals surface area contributed by atoms with Crippen LogP contribution in [0.25, 0.3) is 10.9 Å². The van der Waals surface area contributed by atoms with E-state index in [9.17, 15) is 4.79 Å². The highest BCUT2D eigenvalue weighted by Gasteiger charge is 2.06. The quantitative estimate of drug-likeness (QED) is 0.713. The fourth-order valence-electron chi connectivity index (χ4n) is 2.22. The zero-order valence-corrected chi connectivity index (χ0v) is 10.5. The van der Waals surface area contributed by atoms with Crippen molar-refractivity contribution in [2.24, 2.45) is 5.92 Å². The lowest BCUT2D eigenvalue weighted by Gasteiger charge is -2.07. The second-order valence-corrected chi connectivity index (χ2v) is 4.95. The maximum absolute atomic E-state index is 11.0. The van der Waals surface area contributed by atoms with Gasteiger partial charge in [-0.25, -0.2) is 0 Å². The van der Waals surface area contributed by atoms with Gasteiger partial charge in [-0.1, -0.05) is 32.0 Å². The van der Waals surface area contributed by atoms with Gasteiger partial charge in [0, 0.05) is 29.2 Å². The molecule has 0 radical (unpaired) electrons. The fourth-order valence-corrected chi connectivity index (χ4v) is 2.22. The first-order chi connectivity index (χ1) is 8.22. The van der Waals surface area contributed by atoms with Gasteiger partial charge in [-0.3, -0.25) is 4.79 Å². The molecule has 1 aromatic heterocycles. The summed E-state index contributed by atoms with van der Waals surface area (Å²) < 4.78 is 2.20. The first kappa shape index (κ1) is 11.9. The Kier molecular flexibility index (Phi) is 3.62. The Bertz CT molecular complexity index is 511. The monoisotopic (exact) mass is 229 g/mol. The number of carbonyl (C=O) groups is 1. The van der Waals surface area contributed by atoms with E-state index in [1.165, 1.54) is 11.9 Å². The molecule has 0 fully saturated rings. The van der Waals surface area contributed by atoms with Crippen molar-refractivity contribution in [2.75, 3.05) is 0 Å². The Balaban J connectivity index is 2.25. The highest BCUT2D eigenvalue weighted by molar-refractivity contribution is 5.97. The molecule has 2 rings (SSSR count). The summed E-state index contributed by atoms with van der Waals surface area (Å²) in [5.74, 6) is 0.738. The van der Waals surface area contributed by atoms with Gasteiger partial charge in [0.2, 0.25) is 0 Å². The van der Waals surface area contributed by atoms with Gasteiger partial charge in [0.1, 0.15) is 0 Å². The Hall–Kier alpha value is -1.57. The number of fused-ring (bicyclic) bond motifs is 1. The summed E-state index contributed by atoms with van der Waals surface area (Å²) in [6.07, 6.45) is 5.30. The molecule has 2 aromatic rings. The first-order valence-electron chi connectivity index (χ1n) is 6.25. The SMILES string of the molecule is CC(C)CCCn1cc(C=O)c2ccccc21. The van der Waals surface area contributed by atoms with Gasteiger partial charge in [-0.15, -0.1) is 0 Å². The predicted octanol–water partition coefficient (Wildman–Crippen LogP) is 3.89. The smallest absolute Gasteiger partial charge is 0.152 e. The molecule has 0 amide bonds. The molecule has 0 saturated carbocycles. The lowest BCUT2D eigenvalue weighted by Crippen LogP contribution is -1.98. The molecule has 90 valence electrons. The molecule has 0 aliphatic carbocycles. The maximum Gasteiger partial charge on any atom is 0.152 e. The summed E-state index contributed by atoms with van der Waals surface area (Å²) in [6, 6.07) is 8.10. The zero-order chi connectivity index (χ0) is 12.3. The third-order valence-corrected chi connectivity index (χ3v) is 3.13. The van der Waals surface area contributed by atoms with Crippen LogP contribution in [0, 0.1) is 5.92 Å². The third-order valence-electron chi connectivity index (χ3n) is 3.13. The van der Waals surface area contributed by atoms with Gasteiger partial charge < -0.3 is 4.57 Å². The molecular formula is C15H19NO.